The molecule has 6 atom stereocenters. The molecule has 0 saturated carbocycles. The van der Waals surface area contributed by atoms with E-state index in [1.807, 2.05) is 172 Å². The molecule has 128 heavy (non-hydrogen) atoms. The molecule has 5 aromatic heterocycles. The minimum Gasteiger partial charge on any atom is -0.478 e. The number of aliphatic hydroxyl groups excluding tert-OH is 1. The fourth-order valence-corrected chi connectivity index (χ4v) is 14.1. The zero-order valence-corrected chi connectivity index (χ0v) is 76.9. The van der Waals surface area contributed by atoms with Crippen molar-refractivity contribution in [2.24, 2.45) is 35.2 Å². The number of carbonyl (C=O) groups excluding carboxylic acids is 7. The number of likely N-dealkylation sites (N-methyl/N-ethyl adjacent to an activating group) is 3. The Morgan fingerprint density at radius 3 is 0.961 bits per heavy atom. The number of carbonyl (C=O) groups is 8. The molecule has 676 valence electrons. The van der Waals surface area contributed by atoms with Crippen LogP contribution in [0.4, 0.5) is 9.59 Å². The summed E-state index contributed by atoms with van der Waals surface area (Å²) in [6.07, 6.45) is 18.4. The molecule has 3 fully saturated rings. The smallest absolute Gasteiger partial charge is 0.410 e. The zero-order valence-electron chi connectivity index (χ0n) is 75.3. The average molecular weight is 1820 g/mol. The lowest BCUT2D eigenvalue weighted by Crippen LogP contribution is -2.45. The number of halogens is 1. The molecular weight excluding hydrogens is 1700 g/mol. The molecule has 0 bridgehead atoms. The standard InChI is InChI=1S/C22H30N4O4.C21H28N4O4.C18H21N5O2.C13H14N2O2.C11H10N2O2.C9H9BrO2/c1-22(2,3)30-21(28)26-13-18(19(14-26)29-6)25(5)20(27)16-9-7-15(8-10-16)17-11-23-24(4)12-17;1-21(2,3)29-20(28)25-12-17(18(26)13-25)24(5)19(27)15-8-6-14(7-9-15)16-10-22-23(4)11-16;1-21-9-15(8-20-21)13-4-6-14(7-5-13)18(24)22(2)16-10-23(12-19)11-17(16)25-3;1-3-17-13(16)11-6-4-10(5-7-11)12-8-14-15(2)9-12;1-13-7-10(6-12-13)8-2-4-9(5-3-8)11(14)15;1-2-12-9(11)7-3-5-8(10)6-4-7/h7-12,18-19H,13-14H2,1-6H3;6-11,17-18,26H,12-13H2,1-5H3;4-9,16-17H,10-11H2,1-3H3;4-9H,3H2,1-2H3;2-7H,1H3,(H,14,15);3-6H,2H2,1H3/t18-,19-;17-,18-;16-,17-;;;/m000.../s1. The number of ether oxygens (including phenoxy) is 6. The Kier molecular flexibility index (Phi) is 34.5. The van der Waals surface area contributed by atoms with E-state index in [4.69, 9.17) is 38.8 Å². The second kappa shape index (κ2) is 45.0. The number of aromatic nitrogens is 10. The van der Waals surface area contributed by atoms with Crippen LogP contribution in [0.25, 0.3) is 55.6 Å². The summed E-state index contributed by atoms with van der Waals surface area (Å²) in [5.41, 5.74) is 11.9. The van der Waals surface area contributed by atoms with Gasteiger partial charge >= 0.3 is 30.1 Å². The Balaban J connectivity index is 0.000000178. The molecule has 14 rings (SSSR count). The van der Waals surface area contributed by atoms with Crippen molar-refractivity contribution in [1.29, 1.82) is 5.26 Å². The summed E-state index contributed by atoms with van der Waals surface area (Å²) in [6.45, 7) is 17.4. The van der Waals surface area contributed by atoms with E-state index in [9.17, 15) is 43.5 Å². The Labute approximate surface area is 753 Å². The van der Waals surface area contributed by atoms with E-state index in [0.29, 0.717) is 72.8 Å². The number of β-amino-alcohol motifs (C(OH)–C–C–N with tert-alkyl or cyclic N) is 1. The number of carboxylic acid groups (broad SMARTS) is 1. The molecule has 0 spiro atoms. The van der Waals surface area contributed by atoms with Crippen LogP contribution in [0, 0.1) is 11.5 Å². The lowest BCUT2D eigenvalue weighted by molar-refractivity contribution is 0.0246. The van der Waals surface area contributed by atoms with E-state index in [2.05, 4.69) is 47.6 Å². The maximum atomic E-state index is 13.1. The van der Waals surface area contributed by atoms with Gasteiger partial charge in [-0.2, -0.15) is 30.8 Å². The number of esters is 2. The lowest BCUT2D eigenvalue weighted by atomic mass is 10.1. The van der Waals surface area contributed by atoms with Crippen LogP contribution in [-0.2, 0) is 63.7 Å². The Morgan fingerprint density at radius 1 is 0.406 bits per heavy atom. The van der Waals surface area contributed by atoms with Gasteiger partial charge in [0.25, 0.3) is 17.7 Å². The molecule has 2 N–H and O–H groups in total. The van der Waals surface area contributed by atoms with Gasteiger partial charge in [0, 0.05) is 164 Å². The molecule has 8 heterocycles. The molecule has 11 aromatic rings. The van der Waals surface area contributed by atoms with E-state index in [1.54, 1.807) is 205 Å². The number of carboxylic acids is 1. The minimum absolute atomic E-state index is 0.0791. The highest BCUT2D eigenvalue weighted by molar-refractivity contribution is 9.10. The number of hydrogen-bond acceptors (Lipinski definition) is 22. The van der Waals surface area contributed by atoms with Gasteiger partial charge in [-0.05, 0) is 168 Å². The predicted molar refractivity (Wildman–Crippen MR) is 484 cm³/mol. The third-order valence-corrected chi connectivity index (χ3v) is 21.2. The highest BCUT2D eigenvalue weighted by atomic mass is 79.9. The topological polar surface area (TPSA) is 365 Å². The van der Waals surface area contributed by atoms with E-state index in [0.717, 1.165) is 60.1 Å². The first kappa shape index (κ1) is 98.2. The number of nitriles is 1. The van der Waals surface area contributed by atoms with Crippen LogP contribution in [0.2, 0.25) is 0 Å². The van der Waals surface area contributed by atoms with Gasteiger partial charge in [0.15, 0.2) is 6.19 Å². The Bertz CT molecular complexity index is 5580. The van der Waals surface area contributed by atoms with Gasteiger partial charge in [-0.3, -0.25) is 37.8 Å². The summed E-state index contributed by atoms with van der Waals surface area (Å²) in [5.74, 6) is -1.88. The number of methoxy groups -OCH3 is 2. The third kappa shape index (κ3) is 27.4. The van der Waals surface area contributed by atoms with E-state index in [1.165, 1.54) is 9.80 Å². The molecule has 3 aliphatic heterocycles. The van der Waals surface area contributed by atoms with Crippen LogP contribution in [0.15, 0.2) is 212 Å². The maximum absolute atomic E-state index is 13.1. The van der Waals surface area contributed by atoms with Crippen LogP contribution in [0.5, 0.6) is 0 Å². The van der Waals surface area contributed by atoms with Crippen molar-refractivity contribution in [3.63, 3.8) is 0 Å². The van der Waals surface area contributed by atoms with Crippen molar-refractivity contribution >= 4 is 63.7 Å². The fourth-order valence-electron chi connectivity index (χ4n) is 13.9. The lowest BCUT2D eigenvalue weighted by Gasteiger charge is -2.28. The Hall–Kier alpha value is -13.6. The molecule has 33 nitrogen and oxygen atoms in total. The van der Waals surface area contributed by atoms with Gasteiger partial charge in [0.05, 0.1) is 124 Å². The summed E-state index contributed by atoms with van der Waals surface area (Å²) in [4.78, 5) is 106. The highest BCUT2D eigenvalue weighted by Crippen LogP contribution is 2.29. The molecule has 3 aliphatic rings. The summed E-state index contributed by atoms with van der Waals surface area (Å²) >= 11 is 3.28. The van der Waals surface area contributed by atoms with Crippen LogP contribution >= 0.6 is 15.9 Å². The van der Waals surface area contributed by atoms with Gasteiger partial charge in [-0.15, -0.1) is 0 Å². The van der Waals surface area contributed by atoms with Crippen molar-refractivity contribution in [3.05, 3.63) is 245 Å². The first-order valence-electron chi connectivity index (χ1n) is 41.2. The van der Waals surface area contributed by atoms with Gasteiger partial charge in [0.2, 0.25) is 0 Å². The summed E-state index contributed by atoms with van der Waals surface area (Å²) in [5, 5.41) is 48.9. The largest absolute Gasteiger partial charge is 0.478 e. The summed E-state index contributed by atoms with van der Waals surface area (Å²) in [7, 11) is 17.6. The van der Waals surface area contributed by atoms with Gasteiger partial charge in [0.1, 0.15) is 11.2 Å². The maximum Gasteiger partial charge on any atom is 0.410 e. The fraction of sp³-hybridized carbons (Fsp3) is 0.362. The first-order valence-corrected chi connectivity index (χ1v) is 42.0. The van der Waals surface area contributed by atoms with Crippen molar-refractivity contribution in [3.8, 4) is 61.8 Å². The van der Waals surface area contributed by atoms with Crippen molar-refractivity contribution in [2.45, 2.75) is 103 Å². The van der Waals surface area contributed by atoms with Crippen molar-refractivity contribution in [1.82, 2.24) is 78.3 Å². The number of aryl methyl sites for hydroxylation is 5. The Morgan fingerprint density at radius 2 is 0.680 bits per heavy atom. The van der Waals surface area contributed by atoms with Crippen molar-refractivity contribution in [2.75, 3.05) is 87.8 Å². The van der Waals surface area contributed by atoms with Crippen LogP contribution in [0.1, 0.15) is 118 Å². The van der Waals surface area contributed by atoms with Gasteiger partial charge in [-0.25, -0.2) is 24.0 Å². The molecule has 5 amide bonds. The van der Waals surface area contributed by atoms with E-state index in [-0.39, 0.29) is 67.0 Å². The third-order valence-electron chi connectivity index (χ3n) is 20.7. The average Bonchev–Trinajstić information content (AvgIpc) is 1.68. The molecule has 6 aromatic carbocycles. The van der Waals surface area contributed by atoms with Crippen LogP contribution in [0.3, 0.4) is 0 Å². The molecular formula is C94H112BrN17O16. The number of likely N-dealkylation sites (tertiary alicyclic amines) is 3. The number of rotatable bonds is 18. The molecule has 0 aliphatic carbocycles. The molecule has 34 heteroatoms. The second-order valence-corrected chi connectivity index (χ2v) is 33.4. The molecule has 3 saturated heterocycles. The number of aliphatic hydroxyl groups is 1. The minimum atomic E-state index is -0.910. The monoisotopic (exact) mass is 1810 g/mol. The quantitative estimate of drug-likeness (QED) is 0.0458. The van der Waals surface area contributed by atoms with E-state index >= 15 is 0 Å². The summed E-state index contributed by atoms with van der Waals surface area (Å²) in [6, 6.07) is 42.4. The first-order chi connectivity index (χ1) is 60.8. The number of hydrogen-bond donors (Lipinski definition) is 2. The molecule has 0 unspecified atom stereocenters. The number of benzene rings is 6. The zero-order chi connectivity index (χ0) is 93.4. The normalized spacial score (nSPS) is 16.1. The van der Waals surface area contributed by atoms with Gasteiger partial charge < -0.3 is 68.0 Å². The highest BCUT2D eigenvalue weighted by Gasteiger charge is 2.43. The SMILES string of the molecule is CCOC(=O)c1ccc(-c2cnn(C)c2)cc1.CCOC(=O)c1ccc(Br)cc1.CN(C(=O)c1ccc(-c2cnn(C)c2)cc1)[C@H]1CN(C(=O)OC(C)(C)C)C[C@@H]1O.CO[C@H]1CN(C#N)C[C@@H]1N(C)C(=O)c1ccc(-c2cnn(C)c2)cc1.CO[C@H]1CN(C(=O)OC(C)(C)C)C[C@@H]1N(C)C(=O)c1ccc(-c2cnn(C)c2)cc1.Cn1cc(-c2ccc(C(=O)O)cc2)cn1. The second-order valence-electron chi connectivity index (χ2n) is 32.5. The van der Waals surface area contributed by atoms with Crippen LogP contribution < -0.4 is 0 Å². The van der Waals surface area contributed by atoms with Crippen molar-refractivity contribution < 1.29 is 77.0 Å². The number of aromatic carboxylic acids is 1. The summed E-state index contributed by atoms with van der Waals surface area (Å²) < 4.78 is 41.2. The molecule has 0 radical (unpaired) electrons. The number of amides is 5. The van der Waals surface area contributed by atoms with E-state index < -0.39 is 41.5 Å². The predicted octanol–water partition coefficient (Wildman–Crippen LogP) is 12.9. The van der Waals surface area contributed by atoms with Gasteiger partial charge in [-0.1, -0.05) is 76.6 Å². The van der Waals surface area contributed by atoms with Crippen LogP contribution in [-0.4, -0.2) is 272 Å². The number of nitrogens with zero attached hydrogens (tertiary/aromatic N) is 17.